The number of benzene rings is 1. The zero-order valence-electron chi connectivity index (χ0n) is 11.3. The molecule has 2 amide bonds. The number of rotatable bonds is 7. The number of amides is 2. The van der Waals surface area contributed by atoms with Gasteiger partial charge in [0.25, 0.3) is 0 Å². The Morgan fingerprint density at radius 1 is 1.05 bits per heavy atom. The lowest BCUT2D eigenvalue weighted by Gasteiger charge is -2.06. The van der Waals surface area contributed by atoms with Gasteiger partial charge >= 0.3 is 0 Å². The minimum atomic E-state index is -0.147. The molecule has 0 heterocycles. The van der Waals surface area contributed by atoms with Crippen LogP contribution in [0, 0.1) is 0 Å². The number of carbonyl (C=O) groups excluding carboxylic acids is 2. The van der Waals surface area contributed by atoms with Crippen LogP contribution >= 0.6 is 23.2 Å². The van der Waals surface area contributed by atoms with E-state index in [4.69, 9.17) is 23.2 Å². The molecule has 1 aromatic carbocycles. The maximum absolute atomic E-state index is 11.7. The molecule has 0 spiro atoms. The standard InChI is InChI=1S/C14H18Cl2N2O2/c1-2-6-17-13(19)5-7-18-14(20)9-10-3-4-11(15)12(16)8-10/h3-4,8H,2,5-7,9H2,1H3,(H,17,19)(H,18,20). The van der Waals surface area contributed by atoms with Crippen LogP contribution in [0.2, 0.25) is 10.0 Å². The van der Waals surface area contributed by atoms with Crippen molar-refractivity contribution in [2.24, 2.45) is 0 Å². The summed E-state index contributed by atoms with van der Waals surface area (Å²) in [6.07, 6.45) is 1.40. The number of halogens is 2. The van der Waals surface area contributed by atoms with Crippen molar-refractivity contribution in [3.63, 3.8) is 0 Å². The molecule has 0 saturated carbocycles. The third kappa shape index (κ3) is 6.26. The van der Waals surface area contributed by atoms with E-state index >= 15 is 0 Å². The predicted molar refractivity (Wildman–Crippen MR) is 81.1 cm³/mol. The van der Waals surface area contributed by atoms with Gasteiger partial charge in [0.2, 0.25) is 11.8 Å². The van der Waals surface area contributed by atoms with Gasteiger partial charge in [-0.2, -0.15) is 0 Å². The van der Waals surface area contributed by atoms with Crippen LogP contribution in [0.4, 0.5) is 0 Å². The van der Waals surface area contributed by atoms with E-state index in [0.717, 1.165) is 12.0 Å². The van der Waals surface area contributed by atoms with Crippen LogP contribution in [0.3, 0.4) is 0 Å². The summed E-state index contributed by atoms with van der Waals surface area (Å²) in [6.45, 7) is 2.98. The monoisotopic (exact) mass is 316 g/mol. The lowest BCUT2D eigenvalue weighted by molar-refractivity contribution is -0.122. The van der Waals surface area contributed by atoms with E-state index in [1.54, 1.807) is 18.2 Å². The highest BCUT2D eigenvalue weighted by Crippen LogP contribution is 2.22. The van der Waals surface area contributed by atoms with Gasteiger partial charge in [-0.05, 0) is 24.1 Å². The molecule has 0 aromatic heterocycles. The molecule has 20 heavy (non-hydrogen) atoms. The van der Waals surface area contributed by atoms with Crippen molar-refractivity contribution in [1.29, 1.82) is 0 Å². The number of hydrogen-bond donors (Lipinski definition) is 2. The van der Waals surface area contributed by atoms with Gasteiger partial charge in [-0.15, -0.1) is 0 Å². The Labute approximate surface area is 128 Å². The molecule has 0 aliphatic carbocycles. The van der Waals surface area contributed by atoms with E-state index in [2.05, 4.69) is 10.6 Å². The number of nitrogens with one attached hydrogen (secondary N) is 2. The number of hydrogen-bond acceptors (Lipinski definition) is 2. The Morgan fingerprint density at radius 2 is 1.75 bits per heavy atom. The van der Waals surface area contributed by atoms with E-state index in [0.29, 0.717) is 23.1 Å². The van der Waals surface area contributed by atoms with Crippen molar-refractivity contribution in [3.8, 4) is 0 Å². The molecule has 4 nitrogen and oxygen atoms in total. The van der Waals surface area contributed by atoms with Crippen molar-refractivity contribution >= 4 is 35.0 Å². The fourth-order valence-corrected chi connectivity index (χ4v) is 1.89. The van der Waals surface area contributed by atoms with Crippen molar-refractivity contribution < 1.29 is 9.59 Å². The molecule has 0 radical (unpaired) electrons. The maximum Gasteiger partial charge on any atom is 0.224 e. The van der Waals surface area contributed by atoms with E-state index in [9.17, 15) is 9.59 Å². The first kappa shape index (κ1) is 16.8. The van der Waals surface area contributed by atoms with E-state index in [-0.39, 0.29) is 24.7 Å². The molecule has 1 rings (SSSR count). The van der Waals surface area contributed by atoms with Gasteiger partial charge in [0.1, 0.15) is 0 Å². The van der Waals surface area contributed by atoms with Gasteiger partial charge in [-0.3, -0.25) is 9.59 Å². The molecule has 6 heteroatoms. The highest BCUT2D eigenvalue weighted by molar-refractivity contribution is 6.42. The van der Waals surface area contributed by atoms with Crippen LogP contribution < -0.4 is 10.6 Å². The molecule has 0 atom stereocenters. The van der Waals surface area contributed by atoms with Crippen LogP contribution in [-0.4, -0.2) is 24.9 Å². The Bertz CT molecular complexity index is 478. The minimum absolute atomic E-state index is 0.0540. The SMILES string of the molecule is CCCNC(=O)CCNC(=O)Cc1ccc(Cl)c(Cl)c1. The average Bonchev–Trinajstić information content (AvgIpc) is 2.40. The first-order chi connectivity index (χ1) is 9.52. The molecular weight excluding hydrogens is 299 g/mol. The quantitative estimate of drug-likeness (QED) is 0.812. The summed E-state index contributed by atoms with van der Waals surface area (Å²) in [4.78, 5) is 23.0. The summed E-state index contributed by atoms with van der Waals surface area (Å²) in [6, 6.07) is 5.07. The van der Waals surface area contributed by atoms with Crippen LogP contribution in [0.25, 0.3) is 0 Å². The Morgan fingerprint density at radius 3 is 2.40 bits per heavy atom. The Hall–Kier alpha value is -1.26. The van der Waals surface area contributed by atoms with E-state index in [1.807, 2.05) is 6.92 Å². The van der Waals surface area contributed by atoms with Crippen LogP contribution in [0.15, 0.2) is 18.2 Å². The summed E-state index contributed by atoms with van der Waals surface area (Å²) in [5.41, 5.74) is 0.785. The van der Waals surface area contributed by atoms with Gasteiger partial charge in [0, 0.05) is 19.5 Å². The van der Waals surface area contributed by atoms with Crippen molar-refractivity contribution in [1.82, 2.24) is 10.6 Å². The largest absolute Gasteiger partial charge is 0.356 e. The molecule has 0 unspecified atom stereocenters. The summed E-state index contributed by atoms with van der Waals surface area (Å²) >= 11 is 11.7. The van der Waals surface area contributed by atoms with Gasteiger partial charge in [-0.25, -0.2) is 0 Å². The lowest BCUT2D eigenvalue weighted by atomic mass is 10.1. The molecular formula is C14H18Cl2N2O2. The molecule has 0 aliphatic heterocycles. The fraction of sp³-hybridized carbons (Fsp3) is 0.429. The predicted octanol–water partition coefficient (Wildman–Crippen LogP) is 2.57. The van der Waals surface area contributed by atoms with Crippen molar-refractivity contribution in [3.05, 3.63) is 33.8 Å². The van der Waals surface area contributed by atoms with Crippen LogP contribution in [0.5, 0.6) is 0 Å². The molecule has 2 N–H and O–H groups in total. The first-order valence-corrected chi connectivity index (χ1v) is 7.26. The fourth-order valence-electron chi connectivity index (χ4n) is 1.57. The summed E-state index contributed by atoms with van der Waals surface area (Å²) < 4.78 is 0. The Balaban J connectivity index is 2.29. The van der Waals surface area contributed by atoms with Crippen molar-refractivity contribution in [2.75, 3.05) is 13.1 Å². The van der Waals surface area contributed by atoms with E-state index < -0.39 is 0 Å². The Kier molecular flexibility index (Phi) is 7.41. The first-order valence-electron chi connectivity index (χ1n) is 6.50. The smallest absolute Gasteiger partial charge is 0.224 e. The van der Waals surface area contributed by atoms with Gasteiger partial charge in [0.15, 0.2) is 0 Å². The zero-order chi connectivity index (χ0) is 15.0. The molecule has 0 saturated heterocycles. The highest BCUT2D eigenvalue weighted by atomic mass is 35.5. The van der Waals surface area contributed by atoms with Crippen molar-refractivity contribution in [2.45, 2.75) is 26.2 Å². The highest BCUT2D eigenvalue weighted by Gasteiger charge is 2.06. The average molecular weight is 317 g/mol. The van der Waals surface area contributed by atoms with Crippen LogP contribution in [-0.2, 0) is 16.0 Å². The third-order valence-corrected chi connectivity index (χ3v) is 3.33. The zero-order valence-corrected chi connectivity index (χ0v) is 12.9. The lowest BCUT2D eigenvalue weighted by Crippen LogP contribution is -2.31. The normalized spacial score (nSPS) is 10.2. The second-order valence-corrected chi connectivity index (χ2v) is 5.19. The molecule has 110 valence electrons. The summed E-state index contributed by atoms with van der Waals surface area (Å²) in [5.74, 6) is -0.201. The summed E-state index contributed by atoms with van der Waals surface area (Å²) in [7, 11) is 0. The second kappa shape index (κ2) is 8.82. The van der Waals surface area contributed by atoms with Gasteiger partial charge in [0.05, 0.1) is 16.5 Å². The second-order valence-electron chi connectivity index (χ2n) is 4.38. The van der Waals surface area contributed by atoms with Gasteiger partial charge in [-0.1, -0.05) is 36.2 Å². The van der Waals surface area contributed by atoms with Crippen LogP contribution in [0.1, 0.15) is 25.3 Å². The molecule has 1 aromatic rings. The molecule has 0 fully saturated rings. The minimum Gasteiger partial charge on any atom is -0.356 e. The number of carbonyl (C=O) groups is 2. The van der Waals surface area contributed by atoms with E-state index in [1.165, 1.54) is 0 Å². The maximum atomic E-state index is 11.7. The third-order valence-electron chi connectivity index (χ3n) is 2.60. The summed E-state index contributed by atoms with van der Waals surface area (Å²) in [5, 5.41) is 6.33. The topological polar surface area (TPSA) is 58.2 Å². The van der Waals surface area contributed by atoms with Gasteiger partial charge < -0.3 is 10.6 Å². The molecule has 0 aliphatic rings. The molecule has 0 bridgehead atoms.